The maximum absolute atomic E-state index is 12.2. The Morgan fingerprint density at radius 3 is 2.85 bits per heavy atom. The van der Waals surface area contributed by atoms with Crippen LogP contribution in [0.15, 0.2) is 18.6 Å². The smallest absolute Gasteiger partial charge is 0.226 e. The first-order valence-corrected chi connectivity index (χ1v) is 9.62. The fourth-order valence-electron chi connectivity index (χ4n) is 3.86. The van der Waals surface area contributed by atoms with Gasteiger partial charge < -0.3 is 9.88 Å². The number of hydrogen-bond acceptors (Lipinski definition) is 4. The van der Waals surface area contributed by atoms with Gasteiger partial charge in [-0.15, -0.1) is 0 Å². The first-order chi connectivity index (χ1) is 12.6. The molecule has 1 aliphatic carbocycles. The Labute approximate surface area is 154 Å². The summed E-state index contributed by atoms with van der Waals surface area (Å²) in [6.07, 6.45) is 10.2. The minimum Gasteiger partial charge on any atom is -0.355 e. The second kappa shape index (κ2) is 7.23. The van der Waals surface area contributed by atoms with Gasteiger partial charge in [-0.2, -0.15) is 5.10 Å². The third-order valence-electron chi connectivity index (χ3n) is 5.71. The first kappa shape index (κ1) is 17.3. The third-order valence-corrected chi connectivity index (χ3v) is 5.71. The lowest BCUT2D eigenvalue weighted by Gasteiger charge is -2.33. The van der Waals surface area contributed by atoms with Gasteiger partial charge in [0.1, 0.15) is 5.82 Å². The fourth-order valence-corrected chi connectivity index (χ4v) is 3.86. The quantitative estimate of drug-likeness (QED) is 0.855. The highest BCUT2D eigenvalue weighted by molar-refractivity contribution is 5.78. The lowest BCUT2D eigenvalue weighted by molar-refractivity contribution is -0.120. The summed E-state index contributed by atoms with van der Waals surface area (Å²) < 4.78 is 4.05. The Balaban J connectivity index is 1.36. The maximum atomic E-state index is 12.2. The summed E-state index contributed by atoms with van der Waals surface area (Å²) in [5.41, 5.74) is 2.09. The van der Waals surface area contributed by atoms with Gasteiger partial charge >= 0.3 is 0 Å². The molecule has 2 aromatic heterocycles. The molecule has 0 radical (unpaired) electrons. The minimum absolute atomic E-state index is 0.0900. The number of hydrogen-bond donors (Lipinski definition) is 1. The number of carbonyl (C=O) groups is 1. The van der Waals surface area contributed by atoms with Crippen LogP contribution in [0.25, 0.3) is 0 Å². The van der Waals surface area contributed by atoms with Crippen molar-refractivity contribution < 1.29 is 4.79 Å². The number of nitrogens with one attached hydrogen (secondary N) is 1. The molecule has 2 aliphatic rings. The highest BCUT2D eigenvalue weighted by Crippen LogP contribution is 2.27. The van der Waals surface area contributed by atoms with Gasteiger partial charge in [0.05, 0.1) is 24.4 Å². The van der Waals surface area contributed by atoms with Crippen LogP contribution in [-0.4, -0.2) is 43.2 Å². The second-order valence-electron chi connectivity index (χ2n) is 7.73. The van der Waals surface area contributed by atoms with Crippen LogP contribution < -0.4 is 5.32 Å². The molecular weight excluding hydrogens is 328 g/mol. The van der Waals surface area contributed by atoms with E-state index < -0.39 is 0 Å². The van der Waals surface area contributed by atoms with E-state index in [2.05, 4.69) is 39.2 Å². The Hall–Kier alpha value is -2.15. The van der Waals surface area contributed by atoms with Crippen molar-refractivity contribution in [3.63, 3.8) is 0 Å². The van der Waals surface area contributed by atoms with E-state index in [1.807, 2.05) is 17.9 Å². The van der Waals surface area contributed by atoms with Crippen LogP contribution in [-0.2, 0) is 31.4 Å². The molecule has 1 amide bonds. The van der Waals surface area contributed by atoms with Crippen molar-refractivity contribution in [1.29, 1.82) is 0 Å². The van der Waals surface area contributed by atoms with Crippen molar-refractivity contribution in [1.82, 2.24) is 29.5 Å². The van der Waals surface area contributed by atoms with Crippen molar-refractivity contribution in [3.05, 3.63) is 35.7 Å². The predicted molar refractivity (Wildman–Crippen MR) is 98.3 cm³/mol. The summed E-state index contributed by atoms with van der Waals surface area (Å²) in [4.78, 5) is 19.4. The van der Waals surface area contributed by atoms with Crippen LogP contribution in [0.2, 0.25) is 0 Å². The molecule has 140 valence electrons. The van der Waals surface area contributed by atoms with E-state index in [9.17, 15) is 4.79 Å². The first-order valence-electron chi connectivity index (χ1n) is 9.62. The number of amides is 1. The van der Waals surface area contributed by atoms with Gasteiger partial charge in [0.15, 0.2) is 0 Å². The molecule has 1 fully saturated rings. The van der Waals surface area contributed by atoms with Gasteiger partial charge in [-0.1, -0.05) is 6.42 Å². The molecule has 1 N–H and O–H groups in total. The van der Waals surface area contributed by atoms with Crippen molar-refractivity contribution in [2.24, 2.45) is 13.0 Å². The van der Waals surface area contributed by atoms with Gasteiger partial charge in [0, 0.05) is 51.2 Å². The summed E-state index contributed by atoms with van der Waals surface area (Å²) in [6, 6.07) is 0.232. The standard InChI is InChI=1S/C19H28N6O/c1-14-19-22-17(8-18(26)20-9-15-4-3-5-15)13-25(19)7-6-24(14)12-16-10-21-23(2)11-16/h10-11,13-15H,3-9,12H2,1-2H3,(H,20,26)/t14-/m0/s1. The van der Waals surface area contributed by atoms with Gasteiger partial charge in [-0.25, -0.2) is 4.98 Å². The molecular formula is C19H28N6O. The molecule has 4 rings (SSSR count). The lowest BCUT2D eigenvalue weighted by Crippen LogP contribution is -2.36. The number of fused-ring (bicyclic) bond motifs is 1. The fraction of sp³-hybridized carbons (Fsp3) is 0.632. The molecule has 0 aromatic carbocycles. The minimum atomic E-state index is 0.0900. The van der Waals surface area contributed by atoms with E-state index in [4.69, 9.17) is 4.98 Å². The van der Waals surface area contributed by atoms with E-state index in [1.165, 1.54) is 24.8 Å². The molecule has 0 unspecified atom stereocenters. The molecule has 2 aromatic rings. The molecule has 0 spiro atoms. The Bertz CT molecular complexity index is 775. The number of aromatic nitrogens is 4. The summed E-state index contributed by atoms with van der Waals surface area (Å²) in [5.74, 6) is 1.84. The maximum Gasteiger partial charge on any atom is 0.226 e. The van der Waals surface area contributed by atoms with Crippen molar-refractivity contribution in [2.75, 3.05) is 13.1 Å². The summed E-state index contributed by atoms with van der Waals surface area (Å²) >= 11 is 0. The Morgan fingerprint density at radius 1 is 1.31 bits per heavy atom. The van der Waals surface area contributed by atoms with Crippen LogP contribution in [0, 0.1) is 5.92 Å². The van der Waals surface area contributed by atoms with Crippen LogP contribution in [0.4, 0.5) is 0 Å². The van der Waals surface area contributed by atoms with E-state index in [0.717, 1.165) is 37.7 Å². The zero-order valence-electron chi connectivity index (χ0n) is 15.7. The largest absolute Gasteiger partial charge is 0.355 e. The number of nitrogens with zero attached hydrogens (tertiary/aromatic N) is 5. The molecule has 7 nitrogen and oxygen atoms in total. The van der Waals surface area contributed by atoms with Gasteiger partial charge in [0.25, 0.3) is 0 Å². The summed E-state index contributed by atoms with van der Waals surface area (Å²) in [7, 11) is 1.94. The number of carbonyl (C=O) groups excluding carboxylic acids is 1. The third kappa shape index (κ3) is 3.67. The van der Waals surface area contributed by atoms with Gasteiger partial charge in [0.2, 0.25) is 5.91 Å². The topological polar surface area (TPSA) is 68.0 Å². The van der Waals surface area contributed by atoms with Crippen molar-refractivity contribution in [3.8, 4) is 0 Å². The van der Waals surface area contributed by atoms with E-state index >= 15 is 0 Å². The molecule has 3 heterocycles. The molecule has 7 heteroatoms. The monoisotopic (exact) mass is 356 g/mol. The van der Waals surface area contributed by atoms with Crippen LogP contribution >= 0.6 is 0 Å². The normalized spacial score (nSPS) is 20.6. The van der Waals surface area contributed by atoms with Crippen LogP contribution in [0.1, 0.15) is 49.3 Å². The second-order valence-corrected chi connectivity index (χ2v) is 7.73. The predicted octanol–water partition coefficient (Wildman–Crippen LogP) is 1.65. The zero-order valence-corrected chi connectivity index (χ0v) is 15.7. The molecule has 0 saturated heterocycles. The Morgan fingerprint density at radius 2 is 2.15 bits per heavy atom. The molecule has 1 saturated carbocycles. The molecule has 0 bridgehead atoms. The van der Waals surface area contributed by atoms with Crippen LogP contribution in [0.3, 0.4) is 0 Å². The van der Waals surface area contributed by atoms with E-state index in [0.29, 0.717) is 12.3 Å². The highest BCUT2D eigenvalue weighted by Gasteiger charge is 2.27. The summed E-state index contributed by atoms with van der Waals surface area (Å²) in [6.45, 7) is 5.78. The van der Waals surface area contributed by atoms with E-state index in [1.54, 1.807) is 0 Å². The van der Waals surface area contributed by atoms with Gasteiger partial charge in [-0.3, -0.25) is 14.4 Å². The van der Waals surface area contributed by atoms with Crippen molar-refractivity contribution >= 4 is 5.91 Å². The van der Waals surface area contributed by atoms with Crippen LogP contribution in [0.5, 0.6) is 0 Å². The van der Waals surface area contributed by atoms with E-state index in [-0.39, 0.29) is 11.9 Å². The average molecular weight is 356 g/mol. The Kier molecular flexibility index (Phi) is 4.80. The summed E-state index contributed by atoms with van der Waals surface area (Å²) in [5, 5.41) is 7.31. The SMILES string of the molecule is C[C@H]1c2nc(CC(=O)NCC3CCC3)cn2CCN1Cc1cnn(C)c1. The van der Waals surface area contributed by atoms with Crippen molar-refractivity contribution in [2.45, 2.75) is 51.7 Å². The molecule has 1 atom stereocenters. The lowest BCUT2D eigenvalue weighted by atomic mass is 9.85. The number of aryl methyl sites for hydroxylation is 1. The number of imidazole rings is 1. The average Bonchev–Trinajstić information content (AvgIpc) is 3.15. The zero-order chi connectivity index (χ0) is 18.1. The highest BCUT2D eigenvalue weighted by atomic mass is 16.1. The molecule has 26 heavy (non-hydrogen) atoms. The van der Waals surface area contributed by atoms with Gasteiger partial charge in [-0.05, 0) is 25.7 Å². The molecule has 1 aliphatic heterocycles. The number of rotatable bonds is 6.